The molecule has 0 saturated heterocycles. The van der Waals surface area contributed by atoms with Crippen LogP contribution in [0.4, 0.5) is 8.78 Å². The van der Waals surface area contributed by atoms with Crippen molar-refractivity contribution in [3.8, 4) is 5.69 Å². The van der Waals surface area contributed by atoms with Gasteiger partial charge in [0.1, 0.15) is 17.3 Å². The number of fused-ring (bicyclic) bond motifs is 1. The summed E-state index contributed by atoms with van der Waals surface area (Å²) in [6.45, 7) is -0.0834. The molecule has 6 nitrogen and oxygen atoms in total. The zero-order valence-corrected chi connectivity index (χ0v) is 17.0. The standard InChI is InChI=1S/C22H16F2N4O2S/c23-18-9-15(10-19(24)20(18)13-5-7-31-8-6-13)28-12-14(25-26-28)11-27-21(29)16-3-1-2-4-17(16)22(27)30/h1-5,9-10,12H,6-8,11H2. The molecule has 2 aliphatic rings. The number of allylic oxidation sites excluding steroid dienone is 1. The van der Waals surface area contributed by atoms with E-state index in [4.69, 9.17) is 0 Å². The van der Waals surface area contributed by atoms with Gasteiger partial charge in [-0.2, -0.15) is 11.8 Å². The molecule has 156 valence electrons. The number of carbonyl (C=O) groups is 2. The van der Waals surface area contributed by atoms with Crippen molar-refractivity contribution in [1.29, 1.82) is 0 Å². The van der Waals surface area contributed by atoms with Gasteiger partial charge in [-0.15, -0.1) is 5.10 Å². The number of thioether (sulfide) groups is 1. The van der Waals surface area contributed by atoms with Crippen molar-refractivity contribution in [3.05, 3.63) is 82.7 Å². The topological polar surface area (TPSA) is 68.1 Å². The molecule has 0 spiro atoms. The van der Waals surface area contributed by atoms with Crippen molar-refractivity contribution in [3.63, 3.8) is 0 Å². The third-order valence-electron chi connectivity index (χ3n) is 5.31. The van der Waals surface area contributed by atoms with Gasteiger partial charge in [0, 0.05) is 23.4 Å². The highest BCUT2D eigenvalue weighted by atomic mass is 32.2. The predicted octanol–water partition coefficient (Wildman–Crippen LogP) is 3.86. The van der Waals surface area contributed by atoms with Crippen LogP contribution in [0.3, 0.4) is 0 Å². The minimum absolute atomic E-state index is 0.00425. The first-order valence-electron chi connectivity index (χ1n) is 9.66. The molecule has 0 saturated carbocycles. The van der Waals surface area contributed by atoms with Gasteiger partial charge in [-0.05, 0) is 29.9 Å². The van der Waals surface area contributed by atoms with Gasteiger partial charge in [0.2, 0.25) is 0 Å². The van der Waals surface area contributed by atoms with Crippen LogP contribution in [-0.2, 0) is 6.54 Å². The summed E-state index contributed by atoms with van der Waals surface area (Å²) in [6.07, 6.45) is 3.92. The van der Waals surface area contributed by atoms with E-state index >= 15 is 0 Å². The number of hydrogen-bond acceptors (Lipinski definition) is 5. The molecule has 3 aromatic rings. The molecule has 31 heavy (non-hydrogen) atoms. The Morgan fingerprint density at radius 3 is 2.32 bits per heavy atom. The Labute approximate surface area is 180 Å². The molecule has 3 heterocycles. The predicted molar refractivity (Wildman–Crippen MR) is 112 cm³/mol. The van der Waals surface area contributed by atoms with E-state index in [-0.39, 0.29) is 17.8 Å². The molecular formula is C22H16F2N4O2S. The van der Waals surface area contributed by atoms with Crippen LogP contribution in [0.5, 0.6) is 0 Å². The lowest BCUT2D eigenvalue weighted by Gasteiger charge is -2.15. The second-order valence-electron chi connectivity index (χ2n) is 7.24. The van der Waals surface area contributed by atoms with E-state index in [0.29, 0.717) is 28.8 Å². The van der Waals surface area contributed by atoms with E-state index in [9.17, 15) is 18.4 Å². The Morgan fingerprint density at radius 1 is 1.03 bits per heavy atom. The second kappa shape index (κ2) is 7.73. The van der Waals surface area contributed by atoms with Crippen LogP contribution in [0.25, 0.3) is 11.3 Å². The highest BCUT2D eigenvalue weighted by molar-refractivity contribution is 7.99. The van der Waals surface area contributed by atoms with Gasteiger partial charge >= 0.3 is 0 Å². The summed E-state index contributed by atoms with van der Waals surface area (Å²) in [7, 11) is 0. The molecular weight excluding hydrogens is 422 g/mol. The smallest absolute Gasteiger partial charge is 0.261 e. The molecule has 2 amide bonds. The Balaban J connectivity index is 1.40. The molecule has 0 radical (unpaired) electrons. The van der Waals surface area contributed by atoms with Crippen LogP contribution in [0.1, 0.15) is 38.4 Å². The third kappa shape index (κ3) is 3.44. The van der Waals surface area contributed by atoms with E-state index in [2.05, 4.69) is 10.3 Å². The summed E-state index contributed by atoms with van der Waals surface area (Å²) in [4.78, 5) is 26.1. The summed E-state index contributed by atoms with van der Waals surface area (Å²) < 4.78 is 30.7. The number of rotatable bonds is 4. The second-order valence-corrected chi connectivity index (χ2v) is 8.39. The lowest BCUT2D eigenvalue weighted by Crippen LogP contribution is -2.29. The number of carbonyl (C=O) groups excluding carboxylic acids is 2. The maximum Gasteiger partial charge on any atom is 0.261 e. The molecule has 0 bridgehead atoms. The number of imide groups is 1. The van der Waals surface area contributed by atoms with Crippen molar-refractivity contribution in [2.24, 2.45) is 0 Å². The van der Waals surface area contributed by atoms with Gasteiger partial charge in [0.05, 0.1) is 29.6 Å². The summed E-state index contributed by atoms with van der Waals surface area (Å²) in [6, 6.07) is 9.00. The van der Waals surface area contributed by atoms with Crippen LogP contribution >= 0.6 is 11.8 Å². The number of amides is 2. The average Bonchev–Trinajstić information content (AvgIpc) is 3.34. The van der Waals surface area contributed by atoms with Crippen LogP contribution in [-0.4, -0.2) is 43.2 Å². The van der Waals surface area contributed by atoms with Crippen LogP contribution in [0, 0.1) is 11.6 Å². The van der Waals surface area contributed by atoms with Gasteiger partial charge in [0.15, 0.2) is 0 Å². The van der Waals surface area contributed by atoms with Gasteiger partial charge in [-0.3, -0.25) is 14.5 Å². The molecule has 2 aliphatic heterocycles. The lowest BCUT2D eigenvalue weighted by atomic mass is 10.0. The monoisotopic (exact) mass is 438 g/mol. The van der Waals surface area contributed by atoms with E-state index in [1.807, 2.05) is 6.08 Å². The minimum atomic E-state index is -0.662. The Kier molecular flexibility index (Phi) is 4.90. The third-order valence-corrected chi connectivity index (χ3v) is 6.21. The van der Waals surface area contributed by atoms with Crippen LogP contribution in [0.15, 0.2) is 48.7 Å². The highest BCUT2D eigenvalue weighted by Gasteiger charge is 2.35. The maximum absolute atomic E-state index is 14.7. The molecule has 0 atom stereocenters. The van der Waals surface area contributed by atoms with E-state index < -0.39 is 23.4 Å². The Hall–Kier alpha value is -3.33. The largest absolute Gasteiger partial charge is 0.269 e. The summed E-state index contributed by atoms with van der Waals surface area (Å²) in [5.74, 6) is -0.571. The Bertz CT molecular complexity index is 1200. The van der Waals surface area contributed by atoms with Crippen molar-refractivity contribution in [1.82, 2.24) is 19.9 Å². The SMILES string of the molecule is O=C1c2ccccc2C(=O)N1Cc1cn(-c2cc(F)c(C3=CCSCC3)c(F)c2)nn1. The summed E-state index contributed by atoms with van der Waals surface area (Å²) in [5, 5.41) is 7.89. The van der Waals surface area contributed by atoms with Crippen molar-refractivity contribution in [2.75, 3.05) is 11.5 Å². The fraction of sp³-hybridized carbons (Fsp3) is 0.182. The molecule has 0 unspecified atom stereocenters. The molecule has 5 rings (SSSR count). The fourth-order valence-corrected chi connectivity index (χ4v) is 4.64. The van der Waals surface area contributed by atoms with E-state index in [1.54, 1.807) is 36.0 Å². The summed E-state index contributed by atoms with van der Waals surface area (Å²) >= 11 is 1.72. The molecule has 1 aromatic heterocycles. The first-order chi connectivity index (χ1) is 15.0. The zero-order chi connectivity index (χ0) is 21.5. The maximum atomic E-state index is 14.7. The first-order valence-corrected chi connectivity index (χ1v) is 10.8. The lowest BCUT2D eigenvalue weighted by molar-refractivity contribution is 0.0640. The number of benzene rings is 2. The van der Waals surface area contributed by atoms with Gasteiger partial charge < -0.3 is 0 Å². The summed E-state index contributed by atoms with van der Waals surface area (Å²) in [5.41, 5.74) is 1.85. The van der Waals surface area contributed by atoms with Crippen molar-refractivity contribution < 1.29 is 18.4 Å². The minimum Gasteiger partial charge on any atom is -0.269 e. The van der Waals surface area contributed by atoms with E-state index in [1.165, 1.54) is 23.0 Å². The van der Waals surface area contributed by atoms with Crippen molar-refractivity contribution >= 4 is 29.1 Å². The fourth-order valence-electron chi connectivity index (χ4n) is 3.79. The molecule has 0 aliphatic carbocycles. The molecule has 0 N–H and O–H groups in total. The van der Waals surface area contributed by atoms with E-state index in [0.717, 1.165) is 16.4 Å². The molecule has 0 fully saturated rings. The normalized spacial score (nSPS) is 15.9. The average molecular weight is 438 g/mol. The molecule has 2 aromatic carbocycles. The quantitative estimate of drug-likeness (QED) is 0.579. The van der Waals surface area contributed by atoms with Crippen LogP contribution < -0.4 is 0 Å². The van der Waals surface area contributed by atoms with Crippen molar-refractivity contribution in [2.45, 2.75) is 13.0 Å². The number of halogens is 2. The van der Waals surface area contributed by atoms with Gasteiger partial charge in [-0.1, -0.05) is 23.4 Å². The van der Waals surface area contributed by atoms with Crippen LogP contribution in [0.2, 0.25) is 0 Å². The number of nitrogens with zero attached hydrogens (tertiary/aromatic N) is 4. The number of hydrogen-bond donors (Lipinski definition) is 0. The van der Waals surface area contributed by atoms with Gasteiger partial charge in [0.25, 0.3) is 11.8 Å². The highest BCUT2D eigenvalue weighted by Crippen LogP contribution is 2.31. The Morgan fingerprint density at radius 2 is 1.71 bits per heavy atom. The zero-order valence-electron chi connectivity index (χ0n) is 16.2. The van der Waals surface area contributed by atoms with Gasteiger partial charge in [-0.25, -0.2) is 13.5 Å². The number of aromatic nitrogens is 3. The molecule has 9 heteroatoms. The first kappa shape index (κ1) is 19.6.